The van der Waals surface area contributed by atoms with Crippen LogP contribution in [-0.2, 0) is 10.2 Å². The Morgan fingerprint density at radius 3 is 2.47 bits per heavy atom. The molecule has 1 amide bonds. The number of nitrogens with two attached hydrogens (primary N) is 2. The van der Waals surface area contributed by atoms with Crippen LogP contribution in [0, 0.1) is 0 Å². The maximum absolute atomic E-state index is 11.7. The number of aromatic nitrogens is 2. The topological polar surface area (TPSA) is 94.9 Å². The summed E-state index contributed by atoms with van der Waals surface area (Å²) < 4.78 is 0. The smallest absolute Gasteiger partial charge is 0.238 e. The molecule has 1 aromatic rings. The summed E-state index contributed by atoms with van der Waals surface area (Å²) in [6.45, 7) is 1.94. The molecule has 0 bridgehead atoms. The summed E-state index contributed by atoms with van der Waals surface area (Å²) in [5, 5.41) is 0. The summed E-state index contributed by atoms with van der Waals surface area (Å²) in [6, 6.07) is 1.75. The van der Waals surface area contributed by atoms with Gasteiger partial charge >= 0.3 is 0 Å². The second kappa shape index (κ2) is 4.07. The number of nitrogens with zero attached hydrogens (tertiary/aromatic N) is 2. The zero-order valence-corrected chi connectivity index (χ0v) is 10.0. The Bertz CT molecular complexity index is 422. The lowest BCUT2D eigenvalue weighted by Crippen LogP contribution is -2.66. The van der Waals surface area contributed by atoms with E-state index in [0.717, 1.165) is 19.3 Å². The van der Waals surface area contributed by atoms with Crippen molar-refractivity contribution in [3.8, 4) is 0 Å². The molecule has 1 aliphatic carbocycles. The van der Waals surface area contributed by atoms with Crippen molar-refractivity contribution >= 4 is 5.91 Å². The molecule has 1 heterocycles. The van der Waals surface area contributed by atoms with Gasteiger partial charge in [-0.2, -0.15) is 0 Å². The van der Waals surface area contributed by atoms with E-state index in [-0.39, 0.29) is 0 Å². The van der Waals surface area contributed by atoms with Crippen molar-refractivity contribution in [3.05, 3.63) is 24.3 Å². The van der Waals surface area contributed by atoms with Crippen molar-refractivity contribution in [2.45, 2.75) is 43.6 Å². The van der Waals surface area contributed by atoms with Crippen molar-refractivity contribution in [2.24, 2.45) is 11.5 Å². The maximum atomic E-state index is 11.7. The molecule has 1 saturated carbocycles. The van der Waals surface area contributed by atoms with Crippen LogP contribution in [0.25, 0.3) is 0 Å². The van der Waals surface area contributed by atoms with Crippen LogP contribution in [0.1, 0.15) is 38.4 Å². The second-order valence-electron chi connectivity index (χ2n) is 4.95. The molecule has 0 radical (unpaired) electrons. The van der Waals surface area contributed by atoms with Crippen LogP contribution in [-0.4, -0.2) is 21.4 Å². The van der Waals surface area contributed by atoms with E-state index in [1.165, 1.54) is 0 Å². The van der Waals surface area contributed by atoms with E-state index in [4.69, 9.17) is 11.5 Å². The quantitative estimate of drug-likeness (QED) is 0.778. The van der Waals surface area contributed by atoms with Gasteiger partial charge in [-0.05, 0) is 18.9 Å². The minimum absolute atomic E-state index is 0.466. The minimum atomic E-state index is -1.05. The van der Waals surface area contributed by atoms with Gasteiger partial charge in [-0.25, -0.2) is 9.97 Å². The highest BCUT2D eigenvalue weighted by Gasteiger charge is 2.53. The van der Waals surface area contributed by atoms with Gasteiger partial charge in [-0.15, -0.1) is 0 Å². The summed E-state index contributed by atoms with van der Waals surface area (Å²) in [6.07, 6.45) is 6.66. The number of rotatable bonds is 2. The molecule has 0 aromatic carbocycles. The van der Waals surface area contributed by atoms with Gasteiger partial charge in [0.15, 0.2) is 0 Å². The molecule has 5 nitrogen and oxygen atoms in total. The van der Waals surface area contributed by atoms with Crippen LogP contribution in [0.3, 0.4) is 0 Å². The summed E-state index contributed by atoms with van der Waals surface area (Å²) in [4.78, 5) is 20.2. The van der Waals surface area contributed by atoms with Crippen molar-refractivity contribution in [3.63, 3.8) is 0 Å². The number of carbonyl (C=O) groups excluding carboxylic acids is 1. The molecular weight excluding hydrogens is 216 g/mol. The van der Waals surface area contributed by atoms with Gasteiger partial charge in [0.25, 0.3) is 0 Å². The van der Waals surface area contributed by atoms with Gasteiger partial charge in [0, 0.05) is 12.4 Å². The third-order valence-electron chi connectivity index (χ3n) is 3.98. The maximum Gasteiger partial charge on any atom is 0.238 e. The number of primary amides is 1. The number of amides is 1. The largest absolute Gasteiger partial charge is 0.368 e. The number of carbonyl (C=O) groups is 1. The van der Waals surface area contributed by atoms with E-state index in [9.17, 15) is 4.79 Å². The lowest BCUT2D eigenvalue weighted by atomic mass is 9.61. The summed E-state index contributed by atoms with van der Waals surface area (Å²) in [5.41, 5.74) is 10.1. The third kappa shape index (κ3) is 1.70. The SMILES string of the molecule is CC1(c2ncccn2)CCCCC1(N)C(N)=O. The first-order valence-electron chi connectivity index (χ1n) is 5.87. The van der Waals surface area contributed by atoms with Crippen LogP contribution in [0.5, 0.6) is 0 Å². The molecule has 17 heavy (non-hydrogen) atoms. The molecule has 0 aliphatic heterocycles. The zero-order valence-electron chi connectivity index (χ0n) is 10.0. The molecule has 0 saturated heterocycles. The van der Waals surface area contributed by atoms with E-state index in [0.29, 0.717) is 12.2 Å². The van der Waals surface area contributed by atoms with E-state index in [1.807, 2.05) is 6.92 Å². The summed E-state index contributed by atoms with van der Waals surface area (Å²) in [5.74, 6) is 0.146. The predicted molar refractivity (Wildman–Crippen MR) is 64.0 cm³/mol. The second-order valence-corrected chi connectivity index (χ2v) is 4.95. The fourth-order valence-electron chi connectivity index (χ4n) is 2.67. The Labute approximate surface area is 101 Å². The molecule has 92 valence electrons. The Balaban J connectivity index is 2.49. The van der Waals surface area contributed by atoms with Gasteiger partial charge in [0.1, 0.15) is 11.4 Å². The van der Waals surface area contributed by atoms with Gasteiger partial charge in [0.05, 0.1) is 5.41 Å². The van der Waals surface area contributed by atoms with Gasteiger partial charge in [-0.3, -0.25) is 4.79 Å². The van der Waals surface area contributed by atoms with Gasteiger partial charge < -0.3 is 11.5 Å². The monoisotopic (exact) mass is 234 g/mol. The molecule has 4 N–H and O–H groups in total. The van der Waals surface area contributed by atoms with Gasteiger partial charge in [-0.1, -0.05) is 19.8 Å². The highest BCUT2D eigenvalue weighted by atomic mass is 16.1. The Hall–Kier alpha value is -1.49. The first kappa shape index (κ1) is 12.0. The van der Waals surface area contributed by atoms with Gasteiger partial charge in [0.2, 0.25) is 5.91 Å². The van der Waals surface area contributed by atoms with Crippen LogP contribution in [0.2, 0.25) is 0 Å². The number of hydrogen-bond acceptors (Lipinski definition) is 4. The Morgan fingerprint density at radius 1 is 1.29 bits per heavy atom. The van der Waals surface area contributed by atoms with E-state index in [1.54, 1.807) is 18.5 Å². The zero-order chi connectivity index (χ0) is 12.5. The first-order chi connectivity index (χ1) is 8.01. The highest BCUT2D eigenvalue weighted by molar-refractivity contribution is 5.86. The van der Waals surface area contributed by atoms with E-state index < -0.39 is 16.9 Å². The lowest BCUT2D eigenvalue weighted by molar-refractivity contribution is -0.127. The van der Waals surface area contributed by atoms with E-state index in [2.05, 4.69) is 9.97 Å². The molecule has 2 rings (SSSR count). The predicted octanol–water partition coefficient (Wildman–Crippen LogP) is 0.491. The fraction of sp³-hybridized carbons (Fsp3) is 0.583. The summed E-state index contributed by atoms with van der Waals surface area (Å²) >= 11 is 0. The highest BCUT2D eigenvalue weighted by Crippen LogP contribution is 2.43. The average Bonchev–Trinajstić information content (AvgIpc) is 2.34. The molecule has 1 aromatic heterocycles. The Kier molecular flexibility index (Phi) is 2.87. The standard InChI is InChI=1S/C12H18N4O/c1-11(10-15-7-4-8-16-10)5-2-3-6-12(11,14)9(13)17/h4,7-8H,2-3,5-6,14H2,1H3,(H2,13,17). The summed E-state index contributed by atoms with van der Waals surface area (Å²) in [7, 11) is 0. The molecule has 0 spiro atoms. The van der Waals surface area contributed by atoms with E-state index >= 15 is 0 Å². The van der Waals surface area contributed by atoms with Crippen LogP contribution in [0.15, 0.2) is 18.5 Å². The first-order valence-corrected chi connectivity index (χ1v) is 5.87. The molecule has 5 heteroatoms. The minimum Gasteiger partial charge on any atom is -0.368 e. The molecule has 1 aliphatic rings. The van der Waals surface area contributed by atoms with Crippen LogP contribution in [0.4, 0.5) is 0 Å². The van der Waals surface area contributed by atoms with Crippen molar-refractivity contribution in [1.29, 1.82) is 0 Å². The van der Waals surface area contributed by atoms with Crippen molar-refractivity contribution in [2.75, 3.05) is 0 Å². The molecule has 2 unspecified atom stereocenters. The molecule has 1 fully saturated rings. The lowest BCUT2D eigenvalue weighted by Gasteiger charge is -2.46. The molecular formula is C12H18N4O. The van der Waals surface area contributed by atoms with Crippen LogP contribution < -0.4 is 11.5 Å². The third-order valence-corrected chi connectivity index (χ3v) is 3.98. The fourth-order valence-corrected chi connectivity index (χ4v) is 2.67. The molecule has 2 atom stereocenters. The van der Waals surface area contributed by atoms with Crippen LogP contribution >= 0.6 is 0 Å². The van der Waals surface area contributed by atoms with Crippen molar-refractivity contribution in [1.82, 2.24) is 9.97 Å². The Morgan fingerprint density at radius 2 is 1.88 bits per heavy atom. The average molecular weight is 234 g/mol. The van der Waals surface area contributed by atoms with Crippen molar-refractivity contribution < 1.29 is 4.79 Å². The number of hydrogen-bond donors (Lipinski definition) is 2. The normalized spacial score (nSPS) is 33.3.